The van der Waals surface area contributed by atoms with Crippen molar-refractivity contribution in [3.05, 3.63) is 52.4 Å². The third kappa shape index (κ3) is 4.44. The molecule has 2 aromatic rings. The summed E-state index contributed by atoms with van der Waals surface area (Å²) in [7, 11) is 1.33. The van der Waals surface area contributed by atoms with E-state index in [9.17, 15) is 14.4 Å². The van der Waals surface area contributed by atoms with Crippen LogP contribution in [0, 0.1) is 0 Å². The van der Waals surface area contributed by atoms with E-state index in [0.717, 1.165) is 19.3 Å². The van der Waals surface area contributed by atoms with E-state index in [1.165, 1.54) is 7.11 Å². The molecule has 2 amide bonds. The second-order valence-corrected chi connectivity index (χ2v) is 7.51. The molecule has 0 radical (unpaired) electrons. The van der Waals surface area contributed by atoms with Crippen LogP contribution in [0.1, 0.15) is 53.0 Å². The van der Waals surface area contributed by atoms with E-state index in [-0.39, 0.29) is 11.7 Å². The smallest absolute Gasteiger partial charge is 0.331 e. The van der Waals surface area contributed by atoms with Crippen LogP contribution in [0.5, 0.6) is 0 Å². The number of methoxy groups -OCH3 is 1. The lowest BCUT2D eigenvalue weighted by Crippen LogP contribution is -2.56. The van der Waals surface area contributed by atoms with Crippen LogP contribution in [0.4, 0.5) is 5.69 Å². The van der Waals surface area contributed by atoms with Crippen molar-refractivity contribution >= 4 is 39.4 Å². The van der Waals surface area contributed by atoms with Crippen LogP contribution in [0.3, 0.4) is 0 Å². The third-order valence-corrected chi connectivity index (χ3v) is 5.24. The summed E-state index contributed by atoms with van der Waals surface area (Å²) in [4.78, 5) is 37.3. The fraction of sp³-hybridized carbons (Fsp3) is 0.350. The van der Waals surface area contributed by atoms with E-state index in [1.807, 2.05) is 0 Å². The summed E-state index contributed by atoms with van der Waals surface area (Å²) in [5.74, 6) is -1.09. The lowest BCUT2D eigenvalue weighted by atomic mass is 9.81. The monoisotopic (exact) mass is 448 g/mol. The van der Waals surface area contributed by atoms with E-state index in [4.69, 9.17) is 9.15 Å². The number of halogens is 1. The number of rotatable bonds is 5. The zero-order chi connectivity index (χ0) is 20.1. The van der Waals surface area contributed by atoms with Gasteiger partial charge in [-0.15, -0.1) is 0 Å². The first-order valence-electron chi connectivity index (χ1n) is 9.01. The van der Waals surface area contributed by atoms with Crippen LogP contribution in [-0.2, 0) is 9.53 Å². The Morgan fingerprint density at radius 2 is 1.82 bits per heavy atom. The van der Waals surface area contributed by atoms with Crippen LogP contribution in [0.25, 0.3) is 0 Å². The maximum Gasteiger partial charge on any atom is 0.331 e. The third-order valence-electron chi connectivity index (χ3n) is 4.82. The van der Waals surface area contributed by atoms with E-state index < -0.39 is 17.4 Å². The van der Waals surface area contributed by atoms with Gasteiger partial charge in [0.25, 0.3) is 11.8 Å². The number of nitrogens with one attached hydrogen (secondary N) is 2. The van der Waals surface area contributed by atoms with Crippen molar-refractivity contribution in [3.63, 3.8) is 0 Å². The summed E-state index contributed by atoms with van der Waals surface area (Å²) in [6, 6.07) is 9.67. The Bertz CT molecular complexity index is 886. The van der Waals surface area contributed by atoms with Gasteiger partial charge in [-0.05, 0) is 59.1 Å². The van der Waals surface area contributed by atoms with Crippen LogP contribution < -0.4 is 10.6 Å². The molecule has 3 rings (SSSR count). The first-order valence-corrected chi connectivity index (χ1v) is 9.80. The summed E-state index contributed by atoms with van der Waals surface area (Å²) in [5, 5.41) is 5.55. The van der Waals surface area contributed by atoms with Crippen molar-refractivity contribution in [1.82, 2.24) is 5.32 Å². The van der Waals surface area contributed by atoms with Crippen molar-refractivity contribution in [3.8, 4) is 0 Å². The maximum atomic E-state index is 12.8. The number of amides is 2. The highest BCUT2D eigenvalue weighted by Gasteiger charge is 2.42. The van der Waals surface area contributed by atoms with Gasteiger partial charge in [0, 0.05) is 11.3 Å². The Balaban J connectivity index is 1.74. The minimum atomic E-state index is -0.996. The number of anilines is 1. The maximum absolute atomic E-state index is 12.8. The molecule has 0 spiro atoms. The molecular formula is C20H21BrN2O5. The van der Waals surface area contributed by atoms with Crippen LogP contribution in [-0.4, -0.2) is 30.4 Å². The topological polar surface area (TPSA) is 97.6 Å². The van der Waals surface area contributed by atoms with Crippen molar-refractivity contribution in [1.29, 1.82) is 0 Å². The van der Waals surface area contributed by atoms with Crippen molar-refractivity contribution < 1.29 is 23.5 Å². The average Bonchev–Trinajstić information content (AvgIpc) is 3.14. The number of hydrogen-bond donors (Lipinski definition) is 2. The molecule has 0 unspecified atom stereocenters. The average molecular weight is 449 g/mol. The number of furan rings is 1. The largest absolute Gasteiger partial charge is 0.467 e. The first-order chi connectivity index (χ1) is 13.4. The van der Waals surface area contributed by atoms with Crippen molar-refractivity contribution in [2.75, 3.05) is 12.4 Å². The Morgan fingerprint density at radius 3 is 2.46 bits per heavy atom. The van der Waals surface area contributed by atoms with E-state index in [2.05, 4.69) is 26.6 Å². The second kappa shape index (κ2) is 8.60. The van der Waals surface area contributed by atoms with Gasteiger partial charge >= 0.3 is 5.97 Å². The molecule has 1 saturated carbocycles. The number of carbonyl (C=O) groups excluding carboxylic acids is 3. The predicted octanol–water partition coefficient (Wildman–Crippen LogP) is 3.90. The van der Waals surface area contributed by atoms with Gasteiger partial charge in [-0.25, -0.2) is 4.79 Å². The first kappa shape index (κ1) is 20.1. The molecule has 0 aliphatic heterocycles. The van der Waals surface area contributed by atoms with Crippen molar-refractivity contribution in [2.24, 2.45) is 0 Å². The number of hydrogen-bond acceptors (Lipinski definition) is 5. The van der Waals surface area contributed by atoms with E-state index >= 15 is 0 Å². The molecule has 28 heavy (non-hydrogen) atoms. The number of ether oxygens (including phenoxy) is 1. The molecule has 0 bridgehead atoms. The lowest BCUT2D eigenvalue weighted by molar-refractivity contribution is -0.149. The summed E-state index contributed by atoms with van der Waals surface area (Å²) >= 11 is 3.15. The number of benzene rings is 1. The van der Waals surface area contributed by atoms with Gasteiger partial charge in [0.05, 0.1) is 7.11 Å². The van der Waals surface area contributed by atoms with E-state index in [0.29, 0.717) is 28.8 Å². The Kier molecular flexibility index (Phi) is 6.18. The standard InChI is InChI=1S/C20H21BrN2O5/c1-27-19(26)20(10-3-2-4-11-20)23-17(24)13-6-5-7-14(12-13)22-18(25)15-8-9-16(21)28-15/h5-9,12H,2-4,10-11H2,1H3,(H,22,25)(H,23,24). The second-order valence-electron chi connectivity index (χ2n) is 6.73. The molecule has 1 heterocycles. The molecule has 1 aliphatic rings. The Hall–Kier alpha value is -2.61. The van der Waals surface area contributed by atoms with Crippen molar-refractivity contribution in [2.45, 2.75) is 37.6 Å². The fourth-order valence-corrected chi connectivity index (χ4v) is 3.69. The van der Waals surface area contributed by atoms with Crippen LogP contribution in [0.2, 0.25) is 0 Å². The van der Waals surface area contributed by atoms with Gasteiger partial charge in [-0.2, -0.15) is 0 Å². The minimum Gasteiger partial charge on any atom is -0.467 e. The number of esters is 1. The summed E-state index contributed by atoms with van der Waals surface area (Å²) in [6.45, 7) is 0. The normalized spacial score (nSPS) is 15.5. The molecule has 0 saturated heterocycles. The van der Waals surface area contributed by atoms with Gasteiger partial charge < -0.3 is 19.8 Å². The van der Waals surface area contributed by atoms with Gasteiger partial charge in [0.15, 0.2) is 10.4 Å². The predicted molar refractivity (Wildman–Crippen MR) is 106 cm³/mol. The lowest BCUT2D eigenvalue weighted by Gasteiger charge is -2.35. The van der Waals surface area contributed by atoms with Gasteiger partial charge in [-0.1, -0.05) is 25.3 Å². The molecule has 1 aliphatic carbocycles. The summed E-state index contributed by atoms with van der Waals surface area (Å²) < 4.78 is 10.6. The highest BCUT2D eigenvalue weighted by atomic mass is 79.9. The fourth-order valence-electron chi connectivity index (χ4n) is 3.39. The van der Waals surface area contributed by atoms with Crippen LogP contribution >= 0.6 is 15.9 Å². The summed E-state index contributed by atoms with van der Waals surface area (Å²) in [6.07, 6.45) is 3.83. The zero-order valence-electron chi connectivity index (χ0n) is 15.4. The Labute approximate surface area is 170 Å². The molecule has 148 valence electrons. The molecule has 7 nitrogen and oxygen atoms in total. The van der Waals surface area contributed by atoms with Gasteiger partial charge in [0.2, 0.25) is 0 Å². The molecule has 1 aromatic carbocycles. The molecule has 1 fully saturated rings. The highest BCUT2D eigenvalue weighted by molar-refractivity contribution is 9.10. The molecule has 8 heteroatoms. The molecule has 2 N–H and O–H groups in total. The molecular weight excluding hydrogens is 428 g/mol. The van der Waals surface area contributed by atoms with Gasteiger partial charge in [-0.3, -0.25) is 9.59 Å². The SMILES string of the molecule is COC(=O)C1(NC(=O)c2cccc(NC(=O)c3ccc(Br)o3)c2)CCCCC1. The van der Waals surface area contributed by atoms with Gasteiger partial charge in [0.1, 0.15) is 5.54 Å². The summed E-state index contributed by atoms with van der Waals surface area (Å²) in [5.41, 5.74) is -0.211. The quantitative estimate of drug-likeness (QED) is 0.675. The molecule has 0 atom stereocenters. The van der Waals surface area contributed by atoms with E-state index in [1.54, 1.807) is 36.4 Å². The minimum absolute atomic E-state index is 0.147. The highest BCUT2D eigenvalue weighted by Crippen LogP contribution is 2.30. The van der Waals surface area contributed by atoms with Crippen LogP contribution in [0.15, 0.2) is 45.5 Å². The Morgan fingerprint density at radius 1 is 1.07 bits per heavy atom. The molecule has 1 aromatic heterocycles. The zero-order valence-corrected chi connectivity index (χ0v) is 17.0. The number of carbonyl (C=O) groups is 3.